The molecule has 4 nitrogen and oxygen atoms in total. The molecule has 0 unspecified atom stereocenters. The molecule has 0 heterocycles. The zero-order valence-electron chi connectivity index (χ0n) is 13.4. The predicted molar refractivity (Wildman–Crippen MR) is 76.7 cm³/mol. The van der Waals surface area contributed by atoms with Gasteiger partial charge in [0.25, 0.3) is 0 Å². The minimum Gasteiger partial charge on any atom is -0.376 e. The van der Waals surface area contributed by atoms with Crippen molar-refractivity contribution in [2.45, 2.75) is 13.8 Å². The van der Waals surface area contributed by atoms with E-state index in [1.807, 2.05) is 13.8 Å². The second kappa shape index (κ2) is 8.86. The van der Waals surface area contributed by atoms with Crippen molar-refractivity contribution in [2.75, 3.05) is 80.8 Å². The summed E-state index contributed by atoms with van der Waals surface area (Å²) >= 11 is 0. The van der Waals surface area contributed by atoms with Gasteiger partial charge in [0.2, 0.25) is 0 Å². The van der Waals surface area contributed by atoms with E-state index in [1.165, 1.54) is 13.1 Å². The van der Waals surface area contributed by atoms with Crippen molar-refractivity contribution in [1.82, 2.24) is 0 Å². The average molecular weight is 262 g/mol. The first kappa shape index (κ1) is 17.8. The van der Waals surface area contributed by atoms with Crippen molar-refractivity contribution in [1.29, 1.82) is 0 Å². The molecule has 4 heteroatoms. The van der Waals surface area contributed by atoms with Gasteiger partial charge in [0.05, 0.1) is 41.4 Å². The lowest BCUT2D eigenvalue weighted by atomic mass is 10.3. The van der Waals surface area contributed by atoms with Crippen molar-refractivity contribution in [3.05, 3.63) is 0 Å². The Kier molecular flexibility index (Phi) is 8.78. The molecule has 0 aliphatic carbocycles. The molecular weight excluding hydrogens is 228 g/mol. The van der Waals surface area contributed by atoms with Gasteiger partial charge in [-0.3, -0.25) is 0 Å². The first-order valence-electron chi connectivity index (χ1n) is 7.12. The Bertz CT molecular complexity index is 184. The van der Waals surface area contributed by atoms with E-state index in [4.69, 9.17) is 9.47 Å². The molecule has 0 aromatic rings. The van der Waals surface area contributed by atoms with Gasteiger partial charge < -0.3 is 18.4 Å². The van der Waals surface area contributed by atoms with Crippen LogP contribution in [0.1, 0.15) is 13.8 Å². The van der Waals surface area contributed by atoms with Gasteiger partial charge in [0.1, 0.15) is 26.2 Å². The Labute approximate surface area is 114 Å². The first-order chi connectivity index (χ1) is 8.33. The number of likely N-dealkylation sites (N-methyl/N-ethyl adjacent to an activating group) is 2. The van der Waals surface area contributed by atoms with Crippen LogP contribution in [-0.2, 0) is 9.47 Å². The maximum absolute atomic E-state index is 5.44. The molecule has 0 amide bonds. The number of hydrogen-bond donors (Lipinski definition) is 0. The summed E-state index contributed by atoms with van der Waals surface area (Å²) in [7, 11) is 9.12. The molecule has 18 heavy (non-hydrogen) atoms. The molecule has 0 atom stereocenters. The molecule has 0 N–H and O–H groups in total. The summed E-state index contributed by atoms with van der Waals surface area (Å²) in [4.78, 5) is 0. The van der Waals surface area contributed by atoms with Crippen LogP contribution < -0.4 is 0 Å². The lowest BCUT2D eigenvalue weighted by Gasteiger charge is -2.35. The zero-order valence-corrected chi connectivity index (χ0v) is 13.4. The van der Waals surface area contributed by atoms with Crippen LogP contribution in [0.5, 0.6) is 0 Å². The molecule has 0 fully saturated rings. The van der Waals surface area contributed by atoms with Crippen molar-refractivity contribution < 1.29 is 18.4 Å². The molecule has 110 valence electrons. The Morgan fingerprint density at radius 2 is 0.944 bits per heavy atom. The van der Waals surface area contributed by atoms with Gasteiger partial charge in [-0.25, -0.2) is 0 Å². The highest BCUT2D eigenvalue weighted by atomic mass is 16.5. The number of nitrogens with zero attached hydrogens (tertiary/aromatic N) is 2. The maximum atomic E-state index is 5.44. The van der Waals surface area contributed by atoms with Crippen molar-refractivity contribution in [3.8, 4) is 0 Å². The minimum atomic E-state index is 0.815. The lowest BCUT2D eigenvalue weighted by Crippen LogP contribution is -2.52. The molecule has 0 aliphatic heterocycles. The largest absolute Gasteiger partial charge is 0.376 e. The van der Waals surface area contributed by atoms with Crippen LogP contribution in [0.2, 0.25) is 0 Å². The standard InChI is InChI=1S/C14H34N2O2/c1-7-17-13-11-15(3,4)9-10-16(5,6)12-14-18-8-2/h7-14H2,1-6H3/q+2. The topological polar surface area (TPSA) is 18.5 Å². The average Bonchev–Trinajstić information content (AvgIpc) is 2.27. The summed E-state index contributed by atoms with van der Waals surface area (Å²) in [6.07, 6.45) is 0. The lowest BCUT2D eigenvalue weighted by molar-refractivity contribution is -0.946. The van der Waals surface area contributed by atoms with Gasteiger partial charge in [-0.05, 0) is 13.8 Å². The Morgan fingerprint density at radius 1 is 0.611 bits per heavy atom. The minimum absolute atomic E-state index is 0.815. The van der Waals surface area contributed by atoms with Crippen molar-refractivity contribution in [2.24, 2.45) is 0 Å². The Hall–Kier alpha value is -0.160. The van der Waals surface area contributed by atoms with Gasteiger partial charge in [0, 0.05) is 13.2 Å². The SMILES string of the molecule is CCOCC[N+](C)(C)CC[N+](C)(C)CCOCC. The normalized spacial score (nSPS) is 13.0. The predicted octanol–water partition coefficient (Wildman–Crippen LogP) is 1.21. The quantitative estimate of drug-likeness (QED) is 0.412. The van der Waals surface area contributed by atoms with Crippen LogP contribution in [0.15, 0.2) is 0 Å². The van der Waals surface area contributed by atoms with Crippen LogP contribution in [0.4, 0.5) is 0 Å². The molecular formula is C14H34N2O2+2. The third-order valence-corrected chi connectivity index (χ3v) is 3.40. The van der Waals surface area contributed by atoms with Crippen LogP contribution in [0.25, 0.3) is 0 Å². The maximum Gasteiger partial charge on any atom is 0.128 e. The van der Waals surface area contributed by atoms with Gasteiger partial charge >= 0.3 is 0 Å². The summed E-state index contributed by atoms with van der Waals surface area (Å²) in [6.45, 7) is 12.0. The van der Waals surface area contributed by atoms with Crippen LogP contribution in [0.3, 0.4) is 0 Å². The van der Waals surface area contributed by atoms with E-state index < -0.39 is 0 Å². The molecule has 0 saturated carbocycles. The fourth-order valence-electron chi connectivity index (χ4n) is 1.68. The number of quaternary nitrogens is 2. The molecule has 0 spiro atoms. The van der Waals surface area contributed by atoms with Gasteiger partial charge in [-0.2, -0.15) is 0 Å². The van der Waals surface area contributed by atoms with Crippen LogP contribution in [-0.4, -0.2) is 89.8 Å². The Balaban J connectivity index is 3.88. The second-order valence-electron chi connectivity index (χ2n) is 6.16. The Morgan fingerprint density at radius 3 is 1.22 bits per heavy atom. The highest BCUT2D eigenvalue weighted by Gasteiger charge is 2.22. The monoisotopic (exact) mass is 262 g/mol. The second-order valence-corrected chi connectivity index (χ2v) is 6.16. The third-order valence-electron chi connectivity index (χ3n) is 3.40. The highest BCUT2D eigenvalue weighted by molar-refractivity contribution is 4.39. The smallest absolute Gasteiger partial charge is 0.128 e. The molecule has 0 rings (SSSR count). The fourth-order valence-corrected chi connectivity index (χ4v) is 1.68. The number of ether oxygens (including phenoxy) is 2. The van der Waals surface area contributed by atoms with E-state index >= 15 is 0 Å². The summed E-state index contributed by atoms with van der Waals surface area (Å²) < 4.78 is 12.9. The fraction of sp³-hybridized carbons (Fsp3) is 1.00. The van der Waals surface area contributed by atoms with E-state index in [0.717, 1.165) is 48.5 Å². The van der Waals surface area contributed by atoms with E-state index in [9.17, 15) is 0 Å². The van der Waals surface area contributed by atoms with E-state index in [2.05, 4.69) is 28.2 Å². The van der Waals surface area contributed by atoms with E-state index in [1.54, 1.807) is 0 Å². The van der Waals surface area contributed by atoms with Gasteiger partial charge in [-0.1, -0.05) is 0 Å². The molecule has 0 bridgehead atoms. The molecule has 0 aromatic heterocycles. The first-order valence-corrected chi connectivity index (χ1v) is 7.12. The highest BCUT2D eigenvalue weighted by Crippen LogP contribution is 2.03. The molecule has 0 aromatic carbocycles. The zero-order chi connectivity index (χ0) is 14.1. The number of rotatable bonds is 11. The van der Waals surface area contributed by atoms with E-state index in [-0.39, 0.29) is 0 Å². The molecule has 0 saturated heterocycles. The third kappa shape index (κ3) is 9.83. The summed E-state index contributed by atoms with van der Waals surface area (Å²) in [5.74, 6) is 0. The van der Waals surface area contributed by atoms with Crippen LogP contribution >= 0.6 is 0 Å². The van der Waals surface area contributed by atoms with Crippen LogP contribution in [0, 0.1) is 0 Å². The summed E-state index contributed by atoms with van der Waals surface area (Å²) in [6, 6.07) is 0. The summed E-state index contributed by atoms with van der Waals surface area (Å²) in [5, 5.41) is 0. The van der Waals surface area contributed by atoms with E-state index in [0.29, 0.717) is 0 Å². The molecule has 0 aliphatic rings. The molecule has 0 radical (unpaired) electrons. The van der Waals surface area contributed by atoms with Gasteiger partial charge in [-0.15, -0.1) is 0 Å². The van der Waals surface area contributed by atoms with Crippen molar-refractivity contribution in [3.63, 3.8) is 0 Å². The van der Waals surface area contributed by atoms with Crippen molar-refractivity contribution >= 4 is 0 Å². The summed E-state index contributed by atoms with van der Waals surface area (Å²) in [5.41, 5.74) is 0. The van der Waals surface area contributed by atoms with Gasteiger partial charge in [0.15, 0.2) is 0 Å². The number of hydrogen-bond acceptors (Lipinski definition) is 2.